The minimum absolute atomic E-state index is 0.0454. The van der Waals surface area contributed by atoms with E-state index in [1.54, 1.807) is 12.1 Å². The maximum Gasteiger partial charge on any atom is 0.176 e. The van der Waals surface area contributed by atoms with Gasteiger partial charge in [-0.15, -0.1) is 0 Å². The second-order valence-corrected chi connectivity index (χ2v) is 5.56. The summed E-state index contributed by atoms with van der Waals surface area (Å²) in [6.45, 7) is 6.19. The summed E-state index contributed by atoms with van der Waals surface area (Å²) in [5, 5.41) is 13.1. The first-order chi connectivity index (χ1) is 10.5. The number of Topliss-reactive ketones (excluding diaryl/α,β-unsaturated/α-hetero) is 1. The van der Waals surface area contributed by atoms with Gasteiger partial charge in [0.1, 0.15) is 5.75 Å². The minimum Gasteiger partial charge on any atom is -0.504 e. The monoisotopic (exact) mass is 299 g/mol. The lowest BCUT2D eigenvalue weighted by Crippen LogP contribution is -2.29. The van der Waals surface area contributed by atoms with E-state index in [9.17, 15) is 9.90 Å². The molecule has 0 aliphatic rings. The van der Waals surface area contributed by atoms with Crippen LogP contribution in [0.5, 0.6) is 17.2 Å². The Kier molecular flexibility index (Phi) is 5.17. The number of hydrogen-bond donors (Lipinski definition) is 2. The van der Waals surface area contributed by atoms with Crippen LogP contribution in [-0.4, -0.2) is 23.5 Å². The van der Waals surface area contributed by atoms with Crippen molar-refractivity contribution in [1.82, 2.24) is 5.32 Å². The molecule has 116 valence electrons. The molecular weight excluding hydrogens is 278 g/mol. The summed E-state index contributed by atoms with van der Waals surface area (Å²) in [6.07, 6.45) is 0. The molecule has 4 heteroatoms. The number of carbonyl (C=O) groups is 1. The smallest absolute Gasteiger partial charge is 0.176 e. The molecule has 0 unspecified atom stereocenters. The number of benzene rings is 2. The van der Waals surface area contributed by atoms with Crippen LogP contribution < -0.4 is 10.1 Å². The van der Waals surface area contributed by atoms with Crippen molar-refractivity contribution in [2.24, 2.45) is 0 Å². The summed E-state index contributed by atoms with van der Waals surface area (Å²) in [4.78, 5) is 12.0. The van der Waals surface area contributed by atoms with Crippen molar-refractivity contribution in [1.29, 1.82) is 0 Å². The van der Waals surface area contributed by atoms with E-state index in [1.807, 2.05) is 45.0 Å². The zero-order valence-electron chi connectivity index (χ0n) is 13.1. The average molecular weight is 299 g/mol. The van der Waals surface area contributed by atoms with Crippen molar-refractivity contribution in [2.75, 3.05) is 6.54 Å². The SMILES string of the molecule is Cc1ccc(Oc2ccc(C(=O)CNC(C)C)cc2O)cc1. The molecule has 22 heavy (non-hydrogen) atoms. The molecule has 0 aliphatic heterocycles. The highest BCUT2D eigenvalue weighted by Crippen LogP contribution is 2.31. The van der Waals surface area contributed by atoms with Gasteiger partial charge in [0, 0.05) is 11.6 Å². The fourth-order valence-electron chi connectivity index (χ4n) is 1.91. The Balaban J connectivity index is 2.09. The van der Waals surface area contributed by atoms with Gasteiger partial charge in [-0.3, -0.25) is 4.79 Å². The van der Waals surface area contributed by atoms with Gasteiger partial charge >= 0.3 is 0 Å². The number of rotatable bonds is 6. The van der Waals surface area contributed by atoms with E-state index in [0.29, 0.717) is 17.1 Å². The molecule has 0 radical (unpaired) electrons. The zero-order chi connectivity index (χ0) is 16.1. The van der Waals surface area contributed by atoms with Gasteiger partial charge in [-0.2, -0.15) is 0 Å². The standard InChI is InChI=1S/C18H21NO3/c1-12(2)19-11-17(21)14-6-9-18(16(20)10-14)22-15-7-4-13(3)5-8-15/h4-10,12,19-20H,11H2,1-3H3. The molecule has 0 aromatic heterocycles. The van der Waals surface area contributed by atoms with E-state index in [-0.39, 0.29) is 24.1 Å². The molecule has 0 saturated carbocycles. The van der Waals surface area contributed by atoms with Crippen LogP contribution in [0, 0.1) is 6.92 Å². The van der Waals surface area contributed by atoms with Gasteiger partial charge in [0.25, 0.3) is 0 Å². The number of aryl methyl sites for hydroxylation is 1. The van der Waals surface area contributed by atoms with Crippen LogP contribution >= 0.6 is 0 Å². The van der Waals surface area contributed by atoms with E-state index >= 15 is 0 Å². The third-order valence-corrected chi connectivity index (χ3v) is 3.20. The first kappa shape index (κ1) is 16.0. The average Bonchev–Trinajstić information content (AvgIpc) is 2.49. The third kappa shape index (κ3) is 4.33. The molecule has 0 fully saturated rings. The maximum absolute atomic E-state index is 12.0. The number of aromatic hydroxyl groups is 1. The van der Waals surface area contributed by atoms with Gasteiger partial charge in [-0.25, -0.2) is 0 Å². The maximum atomic E-state index is 12.0. The first-order valence-corrected chi connectivity index (χ1v) is 7.30. The lowest BCUT2D eigenvalue weighted by molar-refractivity contribution is 0.0988. The second-order valence-electron chi connectivity index (χ2n) is 5.56. The molecule has 0 bridgehead atoms. The van der Waals surface area contributed by atoms with Gasteiger partial charge in [0.15, 0.2) is 17.3 Å². The quantitative estimate of drug-likeness (QED) is 0.799. The molecule has 0 amide bonds. The Morgan fingerprint density at radius 3 is 2.45 bits per heavy atom. The summed E-state index contributed by atoms with van der Waals surface area (Å²) in [5.41, 5.74) is 1.59. The lowest BCUT2D eigenvalue weighted by Gasteiger charge is -2.10. The lowest BCUT2D eigenvalue weighted by atomic mass is 10.1. The Hall–Kier alpha value is -2.33. The van der Waals surface area contributed by atoms with Crippen LogP contribution in [0.3, 0.4) is 0 Å². The van der Waals surface area contributed by atoms with Crippen LogP contribution in [0.25, 0.3) is 0 Å². The minimum atomic E-state index is -0.0640. The van der Waals surface area contributed by atoms with Crippen LogP contribution in [0.1, 0.15) is 29.8 Å². The summed E-state index contributed by atoms with van der Waals surface area (Å²) in [5.74, 6) is 0.862. The zero-order valence-corrected chi connectivity index (χ0v) is 13.1. The number of phenolic OH excluding ortho intramolecular Hbond substituents is 1. The van der Waals surface area contributed by atoms with Gasteiger partial charge < -0.3 is 15.2 Å². The van der Waals surface area contributed by atoms with Crippen LogP contribution in [0.4, 0.5) is 0 Å². The van der Waals surface area contributed by atoms with Crippen LogP contribution in [0.2, 0.25) is 0 Å². The van der Waals surface area contributed by atoms with Crippen molar-refractivity contribution >= 4 is 5.78 Å². The third-order valence-electron chi connectivity index (χ3n) is 3.20. The fraction of sp³-hybridized carbons (Fsp3) is 0.278. The number of ether oxygens (including phenoxy) is 1. The Labute approximate surface area is 130 Å². The van der Waals surface area contributed by atoms with Crippen molar-refractivity contribution in [3.05, 3.63) is 53.6 Å². The van der Waals surface area contributed by atoms with Crippen molar-refractivity contribution < 1.29 is 14.6 Å². The number of hydrogen-bond acceptors (Lipinski definition) is 4. The molecule has 0 spiro atoms. The van der Waals surface area contributed by atoms with Gasteiger partial charge in [0.2, 0.25) is 0 Å². The molecule has 0 aliphatic carbocycles. The van der Waals surface area contributed by atoms with Gasteiger partial charge in [0.05, 0.1) is 6.54 Å². The first-order valence-electron chi connectivity index (χ1n) is 7.30. The van der Waals surface area contributed by atoms with E-state index in [1.165, 1.54) is 6.07 Å². The van der Waals surface area contributed by atoms with E-state index in [4.69, 9.17) is 4.74 Å². The van der Waals surface area contributed by atoms with Crippen molar-refractivity contribution in [3.8, 4) is 17.2 Å². The number of carbonyl (C=O) groups excluding carboxylic acids is 1. The van der Waals surface area contributed by atoms with E-state index in [0.717, 1.165) is 5.56 Å². The van der Waals surface area contributed by atoms with Crippen LogP contribution in [0.15, 0.2) is 42.5 Å². The van der Waals surface area contributed by atoms with Gasteiger partial charge in [-0.05, 0) is 37.3 Å². The topological polar surface area (TPSA) is 58.6 Å². The molecule has 2 N–H and O–H groups in total. The Morgan fingerprint density at radius 2 is 1.86 bits per heavy atom. The molecule has 4 nitrogen and oxygen atoms in total. The molecule has 0 heterocycles. The normalized spacial score (nSPS) is 10.7. The summed E-state index contributed by atoms with van der Waals surface area (Å²) >= 11 is 0. The highest BCUT2D eigenvalue weighted by Gasteiger charge is 2.11. The Bertz CT molecular complexity index is 648. The summed E-state index contributed by atoms with van der Waals surface area (Å²) < 4.78 is 5.62. The second kappa shape index (κ2) is 7.09. The molecule has 0 saturated heterocycles. The highest BCUT2D eigenvalue weighted by molar-refractivity contribution is 5.98. The van der Waals surface area contributed by atoms with Gasteiger partial charge in [-0.1, -0.05) is 31.5 Å². The molecule has 2 aromatic rings. The molecule has 2 aromatic carbocycles. The largest absolute Gasteiger partial charge is 0.504 e. The number of nitrogens with one attached hydrogen (secondary N) is 1. The van der Waals surface area contributed by atoms with Crippen LogP contribution in [-0.2, 0) is 0 Å². The molecule has 2 rings (SSSR count). The molecule has 0 atom stereocenters. The van der Waals surface area contributed by atoms with Crippen molar-refractivity contribution in [2.45, 2.75) is 26.8 Å². The Morgan fingerprint density at radius 1 is 1.18 bits per heavy atom. The predicted octanol–water partition coefficient (Wildman–Crippen LogP) is 3.67. The van der Waals surface area contributed by atoms with Crippen molar-refractivity contribution in [3.63, 3.8) is 0 Å². The summed E-state index contributed by atoms with van der Waals surface area (Å²) in [6, 6.07) is 12.5. The highest BCUT2D eigenvalue weighted by atomic mass is 16.5. The number of ketones is 1. The molecular formula is C18H21NO3. The predicted molar refractivity (Wildman–Crippen MR) is 86.8 cm³/mol. The summed E-state index contributed by atoms with van der Waals surface area (Å²) in [7, 11) is 0. The fourth-order valence-corrected chi connectivity index (χ4v) is 1.91. The van der Waals surface area contributed by atoms with E-state index in [2.05, 4.69) is 5.32 Å². The number of phenols is 1. The van der Waals surface area contributed by atoms with E-state index < -0.39 is 0 Å².